The van der Waals surface area contributed by atoms with Gasteiger partial charge < -0.3 is 9.88 Å². The summed E-state index contributed by atoms with van der Waals surface area (Å²) in [4.78, 5) is 16.9. The first kappa shape index (κ1) is 15.8. The van der Waals surface area contributed by atoms with Gasteiger partial charge in [0.05, 0.1) is 29.7 Å². The Morgan fingerprint density at radius 3 is 3.00 bits per heavy atom. The summed E-state index contributed by atoms with van der Waals surface area (Å²) in [5.41, 5.74) is 1.56. The van der Waals surface area contributed by atoms with Gasteiger partial charge >= 0.3 is 0 Å². The van der Waals surface area contributed by atoms with Gasteiger partial charge in [0.2, 0.25) is 0 Å². The van der Waals surface area contributed by atoms with Gasteiger partial charge in [0.25, 0.3) is 5.91 Å². The first-order valence-corrected chi connectivity index (χ1v) is 8.94. The van der Waals surface area contributed by atoms with Crippen molar-refractivity contribution in [3.8, 4) is 6.07 Å². The highest BCUT2D eigenvalue weighted by molar-refractivity contribution is 7.08. The van der Waals surface area contributed by atoms with E-state index in [1.165, 1.54) is 30.6 Å². The number of imidazole rings is 1. The minimum absolute atomic E-state index is 0.0448. The van der Waals surface area contributed by atoms with Gasteiger partial charge in [0.1, 0.15) is 6.54 Å². The fraction of sp³-hybridized carbons (Fsp3) is 0.471. The Bertz CT molecular complexity index is 680. The molecular weight excluding hydrogens is 308 g/mol. The van der Waals surface area contributed by atoms with Crippen molar-refractivity contribution < 1.29 is 4.79 Å². The van der Waals surface area contributed by atoms with E-state index < -0.39 is 0 Å². The van der Waals surface area contributed by atoms with Crippen LogP contribution in [-0.4, -0.2) is 15.5 Å². The van der Waals surface area contributed by atoms with Crippen LogP contribution in [0.5, 0.6) is 0 Å². The van der Waals surface area contributed by atoms with Crippen LogP contribution in [0.3, 0.4) is 0 Å². The van der Waals surface area contributed by atoms with E-state index in [1.807, 2.05) is 23.0 Å². The van der Waals surface area contributed by atoms with Gasteiger partial charge in [0, 0.05) is 11.6 Å². The average molecular weight is 328 g/mol. The third kappa shape index (κ3) is 3.80. The van der Waals surface area contributed by atoms with Crippen molar-refractivity contribution >= 4 is 17.2 Å². The van der Waals surface area contributed by atoms with Crippen LogP contribution >= 0.6 is 11.3 Å². The second-order valence-corrected chi connectivity index (χ2v) is 6.77. The Hall–Kier alpha value is -2.13. The highest BCUT2D eigenvalue weighted by Gasteiger charge is 2.28. The summed E-state index contributed by atoms with van der Waals surface area (Å²) in [5.74, 6) is 0.369. The van der Waals surface area contributed by atoms with E-state index in [4.69, 9.17) is 5.26 Å². The minimum Gasteiger partial charge on any atom is -0.343 e. The number of carbonyl (C=O) groups excluding carboxylic acids is 1. The normalized spacial score (nSPS) is 16.7. The molecule has 1 aliphatic rings. The van der Waals surface area contributed by atoms with Crippen LogP contribution in [0.15, 0.2) is 29.4 Å². The van der Waals surface area contributed by atoms with Crippen molar-refractivity contribution in [1.29, 1.82) is 5.26 Å². The van der Waals surface area contributed by atoms with E-state index in [1.54, 1.807) is 10.9 Å². The molecule has 0 saturated heterocycles. The Morgan fingerprint density at radius 2 is 2.30 bits per heavy atom. The number of aromatic nitrogens is 2. The van der Waals surface area contributed by atoms with E-state index in [0.717, 1.165) is 18.5 Å². The molecule has 2 heterocycles. The number of carbonyl (C=O) groups is 1. The Morgan fingerprint density at radius 1 is 1.48 bits per heavy atom. The van der Waals surface area contributed by atoms with E-state index in [0.29, 0.717) is 11.5 Å². The van der Waals surface area contributed by atoms with Crippen molar-refractivity contribution in [1.82, 2.24) is 14.9 Å². The molecule has 0 bridgehead atoms. The van der Waals surface area contributed by atoms with Gasteiger partial charge in [-0.2, -0.15) is 16.6 Å². The first-order valence-electron chi connectivity index (χ1n) is 7.99. The molecule has 1 saturated carbocycles. The summed E-state index contributed by atoms with van der Waals surface area (Å²) in [6.07, 6.45) is 9.45. The lowest BCUT2D eigenvalue weighted by molar-refractivity contribution is 0.0911. The van der Waals surface area contributed by atoms with Crippen LogP contribution in [0.25, 0.3) is 0 Å². The molecule has 0 aliphatic heterocycles. The summed E-state index contributed by atoms with van der Waals surface area (Å²) < 4.78 is 1.77. The molecule has 1 unspecified atom stereocenters. The number of nitriles is 1. The molecule has 1 amide bonds. The van der Waals surface area contributed by atoms with Gasteiger partial charge in [-0.05, 0) is 30.2 Å². The third-order valence-electron chi connectivity index (χ3n) is 4.42. The van der Waals surface area contributed by atoms with Gasteiger partial charge in [-0.3, -0.25) is 4.79 Å². The summed E-state index contributed by atoms with van der Waals surface area (Å²) in [6.45, 7) is 0.281. The number of nitrogens with zero attached hydrogens (tertiary/aromatic N) is 3. The number of thiophene rings is 1. The molecule has 6 heteroatoms. The van der Waals surface area contributed by atoms with Crippen molar-refractivity contribution in [2.75, 3.05) is 0 Å². The maximum absolute atomic E-state index is 12.5. The molecule has 23 heavy (non-hydrogen) atoms. The second-order valence-electron chi connectivity index (χ2n) is 5.99. The largest absolute Gasteiger partial charge is 0.343 e. The van der Waals surface area contributed by atoms with Crippen LogP contribution in [0, 0.1) is 17.2 Å². The molecule has 0 spiro atoms. The molecule has 1 N–H and O–H groups in total. The number of hydrogen-bond donors (Lipinski definition) is 1. The zero-order valence-corrected chi connectivity index (χ0v) is 13.8. The molecule has 120 valence electrons. The monoisotopic (exact) mass is 328 g/mol. The summed E-state index contributed by atoms with van der Waals surface area (Å²) >= 11 is 1.52. The predicted molar refractivity (Wildman–Crippen MR) is 88.9 cm³/mol. The van der Waals surface area contributed by atoms with Crippen molar-refractivity contribution in [2.45, 2.75) is 44.7 Å². The topological polar surface area (TPSA) is 70.7 Å². The van der Waals surface area contributed by atoms with E-state index in [-0.39, 0.29) is 18.5 Å². The number of rotatable bonds is 5. The zero-order chi connectivity index (χ0) is 16.1. The Labute approximate surface area is 140 Å². The molecule has 1 aliphatic carbocycles. The van der Waals surface area contributed by atoms with E-state index in [9.17, 15) is 4.79 Å². The van der Waals surface area contributed by atoms with Gasteiger partial charge in [-0.15, -0.1) is 0 Å². The quantitative estimate of drug-likeness (QED) is 0.913. The summed E-state index contributed by atoms with van der Waals surface area (Å²) in [6, 6.07) is 3.87. The molecule has 1 atom stereocenters. The third-order valence-corrected chi connectivity index (χ3v) is 5.10. The number of hydrogen-bond acceptors (Lipinski definition) is 4. The molecule has 1 fully saturated rings. The minimum atomic E-state index is -0.0809. The predicted octanol–water partition coefficient (Wildman–Crippen LogP) is 3.52. The number of nitrogens with one attached hydrogen (secondary N) is 1. The maximum Gasteiger partial charge on any atom is 0.252 e. The number of amides is 1. The van der Waals surface area contributed by atoms with Crippen LogP contribution in [-0.2, 0) is 6.54 Å². The highest BCUT2D eigenvalue weighted by Crippen LogP contribution is 2.34. The van der Waals surface area contributed by atoms with Crippen molar-refractivity contribution in [3.63, 3.8) is 0 Å². The van der Waals surface area contributed by atoms with Crippen LogP contribution in [0.4, 0.5) is 0 Å². The lowest BCUT2D eigenvalue weighted by Gasteiger charge is -2.29. The first-order chi connectivity index (χ1) is 11.3. The van der Waals surface area contributed by atoms with Crippen molar-refractivity contribution in [2.24, 2.45) is 5.92 Å². The molecular formula is C17H20N4OS. The smallest absolute Gasteiger partial charge is 0.252 e. The van der Waals surface area contributed by atoms with Crippen molar-refractivity contribution in [3.05, 3.63) is 40.6 Å². The summed E-state index contributed by atoms with van der Waals surface area (Å²) in [7, 11) is 0. The fourth-order valence-corrected chi connectivity index (χ4v) is 3.86. The SMILES string of the molecule is N#CCn1cnc(C(NC(=O)c2ccsc2)C2CCCCC2)c1. The van der Waals surface area contributed by atoms with E-state index >= 15 is 0 Å². The Balaban J connectivity index is 1.80. The van der Waals surface area contributed by atoms with Crippen LogP contribution < -0.4 is 5.32 Å². The lowest BCUT2D eigenvalue weighted by Crippen LogP contribution is -2.34. The molecule has 3 rings (SSSR count). The molecule has 2 aromatic rings. The summed E-state index contributed by atoms with van der Waals surface area (Å²) in [5, 5.41) is 15.8. The highest BCUT2D eigenvalue weighted by atomic mass is 32.1. The molecule has 0 aromatic carbocycles. The van der Waals surface area contributed by atoms with E-state index in [2.05, 4.69) is 16.4 Å². The lowest BCUT2D eigenvalue weighted by atomic mass is 9.82. The van der Waals surface area contributed by atoms with Crippen LogP contribution in [0.1, 0.15) is 54.2 Å². The average Bonchev–Trinajstić information content (AvgIpc) is 3.25. The van der Waals surface area contributed by atoms with Gasteiger partial charge in [-0.1, -0.05) is 19.3 Å². The Kier molecular flexibility index (Phi) is 5.09. The standard InChI is InChI=1S/C17H20N4OS/c18-7-8-21-10-15(19-12-21)16(13-4-2-1-3-5-13)20-17(22)14-6-9-23-11-14/h6,9-13,16H,1-5,8H2,(H,20,22). The van der Waals surface area contributed by atoms with Gasteiger partial charge in [0.15, 0.2) is 0 Å². The zero-order valence-electron chi connectivity index (χ0n) is 12.9. The maximum atomic E-state index is 12.5. The fourth-order valence-electron chi connectivity index (χ4n) is 3.23. The molecule has 2 aromatic heterocycles. The van der Waals surface area contributed by atoms with Gasteiger partial charge in [-0.25, -0.2) is 4.98 Å². The second kappa shape index (κ2) is 7.42. The van der Waals surface area contributed by atoms with Crippen LogP contribution in [0.2, 0.25) is 0 Å². The molecule has 0 radical (unpaired) electrons. The molecule has 5 nitrogen and oxygen atoms in total.